The molecular weight excluding hydrogens is 637 g/mol. The first-order chi connectivity index (χ1) is 25.6. The van der Waals surface area contributed by atoms with Crippen LogP contribution in [-0.2, 0) is 0 Å². The van der Waals surface area contributed by atoms with Gasteiger partial charge in [-0.3, -0.25) is 0 Å². The minimum atomic E-state index is 0.173. The summed E-state index contributed by atoms with van der Waals surface area (Å²) in [6.45, 7) is 2.08. The zero-order valence-corrected chi connectivity index (χ0v) is 28.6. The molecule has 0 spiro atoms. The van der Waals surface area contributed by atoms with Crippen LogP contribution in [0.4, 0.5) is 17.1 Å². The van der Waals surface area contributed by atoms with Crippen molar-refractivity contribution in [3.8, 4) is 50.6 Å². The normalized spacial score (nSPS) is 11.2. The highest BCUT2D eigenvalue weighted by atomic mass is 16.3. The van der Waals surface area contributed by atoms with Gasteiger partial charge in [0.1, 0.15) is 11.3 Å². The van der Waals surface area contributed by atoms with Crippen LogP contribution in [0.25, 0.3) is 66.7 Å². The smallest absolute Gasteiger partial charge is 0.227 e. The maximum absolute atomic E-state index is 11.1. The van der Waals surface area contributed by atoms with Gasteiger partial charge in [-0.05, 0) is 106 Å². The van der Waals surface area contributed by atoms with E-state index < -0.39 is 0 Å². The highest BCUT2D eigenvalue weighted by Crippen LogP contribution is 2.40. The molecule has 248 valence electrons. The van der Waals surface area contributed by atoms with Crippen LogP contribution in [0, 0.1) is 6.92 Å². The molecule has 1 aromatic heterocycles. The van der Waals surface area contributed by atoms with E-state index in [0.717, 1.165) is 44.9 Å². The van der Waals surface area contributed by atoms with E-state index in [4.69, 9.17) is 4.42 Å². The molecule has 0 fully saturated rings. The number of oxazole rings is 1. The summed E-state index contributed by atoms with van der Waals surface area (Å²) in [4.78, 5) is 6.90. The first-order valence-electron chi connectivity index (χ1n) is 17.4. The molecule has 8 aromatic carbocycles. The van der Waals surface area contributed by atoms with Crippen molar-refractivity contribution >= 4 is 38.9 Å². The zero-order valence-electron chi connectivity index (χ0n) is 28.6. The summed E-state index contributed by atoms with van der Waals surface area (Å²) in [5.41, 5.74) is 12.7. The minimum absolute atomic E-state index is 0.173. The second-order valence-corrected chi connectivity index (χ2v) is 13.0. The molecule has 0 aliphatic carbocycles. The molecule has 0 unspecified atom stereocenters. The molecule has 9 rings (SSSR count). The lowest BCUT2D eigenvalue weighted by atomic mass is 9.95. The van der Waals surface area contributed by atoms with Gasteiger partial charge in [-0.15, -0.1) is 0 Å². The van der Waals surface area contributed by atoms with Crippen molar-refractivity contribution in [2.45, 2.75) is 6.92 Å². The average Bonchev–Trinajstić information content (AvgIpc) is 3.62. The maximum Gasteiger partial charge on any atom is 0.227 e. The van der Waals surface area contributed by atoms with Crippen molar-refractivity contribution < 1.29 is 9.52 Å². The first-order valence-corrected chi connectivity index (χ1v) is 17.4. The highest BCUT2D eigenvalue weighted by molar-refractivity contribution is 5.97. The van der Waals surface area contributed by atoms with Crippen molar-refractivity contribution in [3.05, 3.63) is 188 Å². The van der Waals surface area contributed by atoms with Crippen LogP contribution in [-0.4, -0.2) is 10.1 Å². The summed E-state index contributed by atoms with van der Waals surface area (Å²) in [6, 6.07) is 62.8. The lowest BCUT2D eigenvalue weighted by Gasteiger charge is -2.26. The van der Waals surface area contributed by atoms with Gasteiger partial charge in [0, 0.05) is 34.3 Å². The van der Waals surface area contributed by atoms with Gasteiger partial charge in [0.25, 0.3) is 0 Å². The van der Waals surface area contributed by atoms with Crippen LogP contribution in [0.1, 0.15) is 5.56 Å². The number of nitrogens with zero attached hydrogens (tertiary/aromatic N) is 2. The van der Waals surface area contributed by atoms with E-state index in [1.807, 2.05) is 42.5 Å². The number of fused-ring (bicyclic) bond motifs is 2. The molecule has 4 nitrogen and oxygen atoms in total. The monoisotopic (exact) mass is 670 g/mol. The molecule has 0 saturated heterocycles. The van der Waals surface area contributed by atoms with Gasteiger partial charge in [-0.1, -0.05) is 121 Å². The number of phenols is 1. The molecule has 0 saturated carbocycles. The Hall–Kier alpha value is -6.91. The lowest BCUT2D eigenvalue weighted by molar-refractivity contribution is 0.478. The van der Waals surface area contributed by atoms with Crippen molar-refractivity contribution in [1.82, 2.24) is 4.98 Å². The predicted molar refractivity (Wildman–Crippen MR) is 214 cm³/mol. The van der Waals surface area contributed by atoms with Crippen molar-refractivity contribution in [2.24, 2.45) is 0 Å². The standard InChI is InChI=1S/C48H34N2O2/c1-32-29-37(23-28-41(32)44-30-47-45(31-46(44)51)49-48(52-47)36-12-4-2-5-13-36)33-19-24-39(25-20-33)50(38-15-6-3-7-16-38)40-26-21-35(22-27-40)43-18-10-14-34-11-8-9-17-42(34)43/h2-31,51H,1H3. The second-order valence-electron chi connectivity index (χ2n) is 13.0. The lowest BCUT2D eigenvalue weighted by Crippen LogP contribution is -2.09. The van der Waals surface area contributed by atoms with Gasteiger partial charge in [0.2, 0.25) is 5.89 Å². The van der Waals surface area contributed by atoms with Crippen LogP contribution >= 0.6 is 0 Å². The quantitative estimate of drug-likeness (QED) is 0.183. The Morgan fingerprint density at radius 2 is 1.10 bits per heavy atom. The minimum Gasteiger partial charge on any atom is -0.507 e. The molecule has 52 heavy (non-hydrogen) atoms. The molecule has 4 heteroatoms. The summed E-state index contributed by atoms with van der Waals surface area (Å²) in [5, 5.41) is 13.5. The van der Waals surface area contributed by atoms with Crippen LogP contribution < -0.4 is 4.90 Å². The van der Waals surface area contributed by atoms with Gasteiger partial charge in [-0.25, -0.2) is 4.98 Å². The van der Waals surface area contributed by atoms with Crippen LogP contribution in [0.5, 0.6) is 5.75 Å². The molecule has 0 atom stereocenters. The van der Waals surface area contributed by atoms with Crippen molar-refractivity contribution in [3.63, 3.8) is 0 Å². The fourth-order valence-corrected chi connectivity index (χ4v) is 7.12. The summed E-state index contributed by atoms with van der Waals surface area (Å²) in [6.07, 6.45) is 0. The van der Waals surface area contributed by atoms with E-state index in [0.29, 0.717) is 22.6 Å². The van der Waals surface area contributed by atoms with Crippen LogP contribution in [0.15, 0.2) is 186 Å². The van der Waals surface area contributed by atoms with E-state index in [1.165, 1.54) is 21.9 Å². The molecule has 0 aliphatic rings. The molecule has 0 aliphatic heterocycles. The average molecular weight is 671 g/mol. The Bertz CT molecular complexity index is 2680. The number of aromatic nitrogens is 1. The number of hydrogen-bond acceptors (Lipinski definition) is 4. The molecule has 0 bridgehead atoms. The number of hydrogen-bond donors (Lipinski definition) is 1. The van der Waals surface area contributed by atoms with E-state index in [9.17, 15) is 5.11 Å². The number of para-hydroxylation sites is 1. The zero-order chi connectivity index (χ0) is 35.0. The van der Waals surface area contributed by atoms with Gasteiger partial charge in [-0.2, -0.15) is 0 Å². The van der Waals surface area contributed by atoms with Crippen molar-refractivity contribution in [2.75, 3.05) is 4.90 Å². The van der Waals surface area contributed by atoms with Gasteiger partial charge in [0.05, 0.1) is 0 Å². The van der Waals surface area contributed by atoms with E-state index in [1.54, 1.807) is 6.07 Å². The highest BCUT2D eigenvalue weighted by Gasteiger charge is 2.17. The number of phenolic OH excluding ortho intramolecular Hbond substituents is 1. The number of anilines is 3. The molecule has 0 radical (unpaired) electrons. The van der Waals surface area contributed by atoms with Crippen LogP contribution in [0.2, 0.25) is 0 Å². The Morgan fingerprint density at radius 1 is 0.481 bits per heavy atom. The summed E-state index contributed by atoms with van der Waals surface area (Å²) in [7, 11) is 0. The van der Waals surface area contributed by atoms with E-state index in [-0.39, 0.29) is 5.75 Å². The first kappa shape index (κ1) is 31.1. The molecule has 1 heterocycles. The Balaban J connectivity index is 1.01. The number of benzene rings is 8. The predicted octanol–water partition coefficient (Wildman–Crippen LogP) is 13.1. The third-order valence-electron chi connectivity index (χ3n) is 9.74. The maximum atomic E-state index is 11.1. The molecule has 1 N–H and O–H groups in total. The van der Waals surface area contributed by atoms with E-state index >= 15 is 0 Å². The van der Waals surface area contributed by atoms with Gasteiger partial charge >= 0.3 is 0 Å². The molecular formula is C48H34N2O2. The van der Waals surface area contributed by atoms with Crippen molar-refractivity contribution in [1.29, 1.82) is 0 Å². The third-order valence-corrected chi connectivity index (χ3v) is 9.74. The third kappa shape index (κ3) is 5.76. The molecule has 0 amide bonds. The fourth-order valence-electron chi connectivity index (χ4n) is 7.12. The number of aromatic hydroxyl groups is 1. The topological polar surface area (TPSA) is 49.5 Å². The van der Waals surface area contributed by atoms with Crippen LogP contribution in [0.3, 0.4) is 0 Å². The largest absolute Gasteiger partial charge is 0.507 e. The summed E-state index contributed by atoms with van der Waals surface area (Å²) >= 11 is 0. The Labute approximate surface area is 302 Å². The van der Waals surface area contributed by atoms with Gasteiger partial charge < -0.3 is 14.4 Å². The fraction of sp³-hybridized carbons (Fsp3) is 0.0208. The Morgan fingerprint density at radius 3 is 1.83 bits per heavy atom. The summed E-state index contributed by atoms with van der Waals surface area (Å²) < 4.78 is 6.11. The number of rotatable bonds is 7. The Kier molecular flexibility index (Phi) is 7.83. The SMILES string of the molecule is Cc1cc(-c2ccc(N(c3ccccc3)c3ccc(-c4cccc5ccccc45)cc3)cc2)ccc1-c1cc2oc(-c3ccccc3)nc2cc1O. The number of aryl methyl sites for hydroxylation is 1. The second kappa shape index (κ2) is 13.1. The summed E-state index contributed by atoms with van der Waals surface area (Å²) in [5.74, 6) is 0.707. The van der Waals surface area contributed by atoms with Gasteiger partial charge in [0.15, 0.2) is 5.58 Å². The van der Waals surface area contributed by atoms with E-state index in [2.05, 4.69) is 150 Å². The molecule has 9 aromatic rings.